The summed E-state index contributed by atoms with van der Waals surface area (Å²) in [6, 6.07) is 8.76. The lowest BCUT2D eigenvalue weighted by Crippen LogP contribution is -2.57. The van der Waals surface area contributed by atoms with Crippen molar-refractivity contribution < 1.29 is 0 Å². The molecule has 2 rings (SSSR count). The lowest BCUT2D eigenvalue weighted by Gasteiger charge is -2.39. The number of hydrogen-bond acceptors (Lipinski definition) is 4. The highest BCUT2D eigenvalue weighted by atomic mass is 15.2. The molecule has 1 aliphatic carbocycles. The monoisotopic (exact) mass is 342 g/mol. The summed E-state index contributed by atoms with van der Waals surface area (Å²) < 4.78 is 0. The lowest BCUT2D eigenvalue weighted by molar-refractivity contribution is 0.306. The molecule has 138 valence electrons. The Labute approximate surface area is 153 Å². The molecule has 0 bridgehead atoms. The van der Waals surface area contributed by atoms with Crippen molar-refractivity contribution in [3.8, 4) is 0 Å². The molecule has 0 fully saturated rings. The Morgan fingerprint density at radius 1 is 1.20 bits per heavy atom. The summed E-state index contributed by atoms with van der Waals surface area (Å²) in [6.45, 7) is 2.92. The summed E-state index contributed by atoms with van der Waals surface area (Å²) in [5, 5.41) is 10.4. The predicted molar refractivity (Wildman–Crippen MR) is 108 cm³/mol. The van der Waals surface area contributed by atoms with Crippen molar-refractivity contribution in [3.63, 3.8) is 0 Å². The van der Waals surface area contributed by atoms with Gasteiger partial charge < -0.3 is 11.1 Å². The molecule has 0 spiro atoms. The van der Waals surface area contributed by atoms with Gasteiger partial charge in [0.15, 0.2) is 0 Å². The second-order valence-electron chi connectivity index (χ2n) is 7.02. The topological polar surface area (TPSA) is 62.1 Å². The standard InChI is InChI=1S/C21H34N4/c1-16(15-22)13-18-8-5-7-17(14-18)10-11-19-20(23-2)9-6-12-21(19,24-3)25-4/h5,7-8,10-11,14,16,23-25H,6,9,12-13,15,22H2,1-4H3/b11-10+. The molecule has 1 aromatic rings. The number of allylic oxidation sites excluding steroid dienone is 1. The first-order chi connectivity index (χ1) is 12.1. The third-order valence-corrected chi connectivity index (χ3v) is 5.30. The third kappa shape index (κ3) is 4.72. The SMILES string of the molecule is CNC1=C(/C=C/c2cccc(CC(C)CN)c2)C(NC)(NC)CCC1. The minimum absolute atomic E-state index is 0.168. The summed E-state index contributed by atoms with van der Waals surface area (Å²) in [5.74, 6) is 0.511. The van der Waals surface area contributed by atoms with Crippen LogP contribution < -0.4 is 21.7 Å². The van der Waals surface area contributed by atoms with Crippen molar-refractivity contribution in [2.45, 2.75) is 38.3 Å². The maximum atomic E-state index is 5.76. The summed E-state index contributed by atoms with van der Waals surface area (Å²) in [7, 11) is 6.06. The fourth-order valence-corrected chi connectivity index (χ4v) is 3.69. The number of likely N-dealkylation sites (N-methyl/N-ethyl adjacent to an activating group) is 2. The first-order valence-electron chi connectivity index (χ1n) is 9.34. The molecule has 1 aliphatic rings. The Kier molecular flexibility index (Phi) is 7.24. The molecule has 5 N–H and O–H groups in total. The van der Waals surface area contributed by atoms with Crippen LogP contribution in [-0.4, -0.2) is 33.4 Å². The van der Waals surface area contributed by atoms with E-state index >= 15 is 0 Å². The number of nitrogens with two attached hydrogens (primary N) is 1. The van der Waals surface area contributed by atoms with Gasteiger partial charge >= 0.3 is 0 Å². The van der Waals surface area contributed by atoms with E-state index in [1.165, 1.54) is 28.8 Å². The van der Waals surface area contributed by atoms with Crippen molar-refractivity contribution in [1.29, 1.82) is 0 Å². The molecule has 0 amide bonds. The van der Waals surface area contributed by atoms with E-state index in [2.05, 4.69) is 59.3 Å². The molecule has 0 aliphatic heterocycles. The van der Waals surface area contributed by atoms with E-state index in [9.17, 15) is 0 Å². The van der Waals surface area contributed by atoms with Crippen molar-refractivity contribution in [3.05, 3.63) is 52.7 Å². The Balaban J connectivity index is 2.29. The van der Waals surface area contributed by atoms with Gasteiger partial charge in [-0.05, 0) is 63.4 Å². The van der Waals surface area contributed by atoms with Gasteiger partial charge in [-0.25, -0.2) is 0 Å². The van der Waals surface area contributed by atoms with Crippen LogP contribution in [-0.2, 0) is 6.42 Å². The van der Waals surface area contributed by atoms with Gasteiger partial charge in [-0.3, -0.25) is 10.6 Å². The normalized spacial score (nSPS) is 18.6. The van der Waals surface area contributed by atoms with Gasteiger partial charge in [0.2, 0.25) is 0 Å². The van der Waals surface area contributed by atoms with Crippen LogP contribution in [0, 0.1) is 5.92 Å². The van der Waals surface area contributed by atoms with Crippen LogP contribution in [0.5, 0.6) is 0 Å². The zero-order valence-electron chi connectivity index (χ0n) is 16.2. The Morgan fingerprint density at radius 3 is 2.60 bits per heavy atom. The second kappa shape index (κ2) is 9.18. The van der Waals surface area contributed by atoms with Crippen molar-refractivity contribution >= 4 is 6.08 Å². The molecular weight excluding hydrogens is 308 g/mol. The largest absolute Gasteiger partial charge is 0.391 e. The number of rotatable bonds is 8. The number of hydrogen-bond donors (Lipinski definition) is 4. The molecule has 1 aromatic carbocycles. The van der Waals surface area contributed by atoms with Gasteiger partial charge in [-0.1, -0.05) is 43.3 Å². The Morgan fingerprint density at radius 2 is 1.96 bits per heavy atom. The van der Waals surface area contributed by atoms with E-state index in [4.69, 9.17) is 5.73 Å². The number of benzene rings is 1. The van der Waals surface area contributed by atoms with Crippen molar-refractivity contribution in [1.82, 2.24) is 16.0 Å². The van der Waals surface area contributed by atoms with Gasteiger partial charge in [0.1, 0.15) is 0 Å². The first kappa shape index (κ1) is 19.7. The van der Waals surface area contributed by atoms with Gasteiger partial charge in [-0.2, -0.15) is 0 Å². The zero-order valence-corrected chi connectivity index (χ0v) is 16.2. The minimum Gasteiger partial charge on any atom is -0.391 e. The highest BCUT2D eigenvalue weighted by Gasteiger charge is 2.34. The smallest absolute Gasteiger partial charge is 0.0961 e. The molecule has 1 unspecified atom stereocenters. The lowest BCUT2D eigenvalue weighted by atomic mass is 9.84. The second-order valence-corrected chi connectivity index (χ2v) is 7.02. The average molecular weight is 343 g/mol. The van der Waals surface area contributed by atoms with Crippen LogP contribution in [0.4, 0.5) is 0 Å². The maximum Gasteiger partial charge on any atom is 0.0961 e. The predicted octanol–water partition coefficient (Wildman–Crippen LogP) is 2.63. The summed E-state index contributed by atoms with van der Waals surface area (Å²) >= 11 is 0. The van der Waals surface area contributed by atoms with E-state index in [-0.39, 0.29) is 5.66 Å². The maximum absolute atomic E-state index is 5.76. The van der Waals surface area contributed by atoms with Gasteiger partial charge in [0.25, 0.3) is 0 Å². The molecule has 4 nitrogen and oxygen atoms in total. The highest BCUT2D eigenvalue weighted by Crippen LogP contribution is 2.31. The molecule has 0 heterocycles. The highest BCUT2D eigenvalue weighted by molar-refractivity contribution is 5.56. The van der Waals surface area contributed by atoms with E-state index < -0.39 is 0 Å². The molecule has 4 heteroatoms. The van der Waals surface area contributed by atoms with Crippen molar-refractivity contribution in [2.75, 3.05) is 27.7 Å². The third-order valence-electron chi connectivity index (χ3n) is 5.30. The molecule has 25 heavy (non-hydrogen) atoms. The first-order valence-corrected chi connectivity index (χ1v) is 9.34. The fraction of sp³-hybridized carbons (Fsp3) is 0.524. The van der Waals surface area contributed by atoms with Crippen LogP contribution in [0.15, 0.2) is 41.6 Å². The molecule has 1 atom stereocenters. The summed E-state index contributed by atoms with van der Waals surface area (Å²) in [5.41, 5.74) is 10.8. The Bertz CT molecular complexity index is 614. The van der Waals surface area contributed by atoms with Gasteiger partial charge in [0, 0.05) is 18.3 Å². The van der Waals surface area contributed by atoms with E-state index in [0.717, 1.165) is 25.8 Å². The Hall–Kier alpha value is -1.62. The average Bonchev–Trinajstić information content (AvgIpc) is 2.66. The molecule has 0 saturated heterocycles. The van der Waals surface area contributed by atoms with E-state index in [1.54, 1.807) is 0 Å². The number of nitrogens with one attached hydrogen (secondary N) is 3. The van der Waals surface area contributed by atoms with Crippen LogP contribution in [0.2, 0.25) is 0 Å². The van der Waals surface area contributed by atoms with Crippen LogP contribution >= 0.6 is 0 Å². The van der Waals surface area contributed by atoms with Gasteiger partial charge in [0.05, 0.1) is 5.66 Å². The van der Waals surface area contributed by atoms with Crippen molar-refractivity contribution in [2.24, 2.45) is 11.7 Å². The van der Waals surface area contributed by atoms with Gasteiger partial charge in [-0.15, -0.1) is 0 Å². The van der Waals surface area contributed by atoms with E-state index in [1.807, 2.05) is 21.1 Å². The minimum atomic E-state index is -0.168. The molecule has 0 saturated carbocycles. The summed E-state index contributed by atoms with van der Waals surface area (Å²) in [6.07, 6.45) is 8.84. The quantitative estimate of drug-likeness (QED) is 0.549. The van der Waals surface area contributed by atoms with E-state index in [0.29, 0.717) is 5.92 Å². The molecule has 0 aromatic heterocycles. The van der Waals surface area contributed by atoms with Crippen LogP contribution in [0.3, 0.4) is 0 Å². The fourth-order valence-electron chi connectivity index (χ4n) is 3.69. The zero-order chi connectivity index (χ0) is 18.3. The molecular formula is C21H34N4. The molecule has 0 radical (unpaired) electrons. The van der Waals surface area contributed by atoms with Crippen LogP contribution in [0.1, 0.15) is 37.3 Å². The van der Waals surface area contributed by atoms with Crippen LogP contribution in [0.25, 0.3) is 6.08 Å². The summed E-state index contributed by atoms with van der Waals surface area (Å²) in [4.78, 5) is 0.